The van der Waals surface area contributed by atoms with E-state index >= 15 is 0 Å². The van der Waals surface area contributed by atoms with E-state index in [-0.39, 0.29) is 11.9 Å². The highest BCUT2D eigenvalue weighted by Crippen LogP contribution is 2.23. The molecule has 1 aromatic carbocycles. The van der Waals surface area contributed by atoms with E-state index in [1.165, 1.54) is 0 Å². The van der Waals surface area contributed by atoms with E-state index in [1.807, 2.05) is 12.1 Å². The summed E-state index contributed by atoms with van der Waals surface area (Å²) in [6.07, 6.45) is 0. The van der Waals surface area contributed by atoms with Crippen LogP contribution in [0.25, 0.3) is 0 Å². The van der Waals surface area contributed by atoms with Crippen molar-refractivity contribution >= 4 is 0 Å². The zero-order valence-corrected chi connectivity index (χ0v) is 11.9. The van der Waals surface area contributed by atoms with Gasteiger partial charge >= 0.3 is 0 Å². The van der Waals surface area contributed by atoms with Crippen LogP contribution in [0, 0.1) is 12.7 Å². The molecule has 19 heavy (non-hydrogen) atoms. The minimum absolute atomic E-state index is 0.133. The van der Waals surface area contributed by atoms with Gasteiger partial charge in [-0.1, -0.05) is 19.1 Å². The lowest BCUT2D eigenvalue weighted by molar-refractivity contribution is 0.102. The fourth-order valence-electron chi connectivity index (χ4n) is 2.70. The molecule has 1 aliphatic rings. The summed E-state index contributed by atoms with van der Waals surface area (Å²) < 4.78 is 13.7. The second-order valence-electron chi connectivity index (χ2n) is 5.23. The molecule has 0 saturated carbocycles. The Hall–Kier alpha value is -0.970. The maximum Gasteiger partial charge on any atom is 0.126 e. The number of halogens is 1. The van der Waals surface area contributed by atoms with E-state index in [0.29, 0.717) is 12.1 Å². The summed E-state index contributed by atoms with van der Waals surface area (Å²) in [6.45, 7) is 9.76. The van der Waals surface area contributed by atoms with Gasteiger partial charge in [-0.05, 0) is 30.7 Å². The van der Waals surface area contributed by atoms with Crippen molar-refractivity contribution in [3.63, 3.8) is 0 Å². The van der Waals surface area contributed by atoms with Crippen molar-refractivity contribution in [3.05, 3.63) is 35.1 Å². The van der Waals surface area contributed by atoms with Gasteiger partial charge in [0.25, 0.3) is 0 Å². The Morgan fingerprint density at radius 1 is 1.26 bits per heavy atom. The predicted octanol–water partition coefficient (Wildman–Crippen LogP) is 1.77. The first-order valence-electron chi connectivity index (χ1n) is 7.08. The van der Waals surface area contributed by atoms with Gasteiger partial charge in [-0.15, -0.1) is 0 Å². The fraction of sp³-hybridized carbons (Fsp3) is 0.600. The molecular weight excluding hydrogens is 241 g/mol. The zero-order valence-electron chi connectivity index (χ0n) is 11.9. The number of nitrogens with zero attached hydrogens (tertiary/aromatic N) is 2. The summed E-state index contributed by atoms with van der Waals surface area (Å²) in [4.78, 5) is 4.80. The molecule has 2 N–H and O–H groups in total. The summed E-state index contributed by atoms with van der Waals surface area (Å²) in [6, 6.07) is 5.62. The molecule has 0 aromatic heterocycles. The summed E-state index contributed by atoms with van der Waals surface area (Å²) in [5, 5.41) is 0. The summed E-state index contributed by atoms with van der Waals surface area (Å²) >= 11 is 0. The molecule has 1 heterocycles. The number of nitrogens with two attached hydrogens (primary N) is 1. The van der Waals surface area contributed by atoms with Crippen LogP contribution < -0.4 is 5.73 Å². The molecule has 1 saturated heterocycles. The van der Waals surface area contributed by atoms with Gasteiger partial charge in [0.2, 0.25) is 0 Å². The van der Waals surface area contributed by atoms with Crippen LogP contribution in [0.1, 0.15) is 24.1 Å². The molecule has 1 aromatic rings. The van der Waals surface area contributed by atoms with Gasteiger partial charge in [-0.3, -0.25) is 4.90 Å². The molecule has 0 radical (unpaired) electrons. The molecule has 4 heteroatoms. The average molecular weight is 265 g/mol. The lowest BCUT2D eigenvalue weighted by Crippen LogP contribution is -2.48. The maximum atomic E-state index is 13.7. The Morgan fingerprint density at radius 3 is 2.47 bits per heavy atom. The number of likely N-dealkylation sites (N-methyl/N-ethyl adjacent to an activating group) is 1. The van der Waals surface area contributed by atoms with Gasteiger partial charge in [0.05, 0.1) is 0 Å². The molecule has 1 atom stereocenters. The van der Waals surface area contributed by atoms with E-state index in [0.717, 1.165) is 38.3 Å². The number of aryl methyl sites for hydroxylation is 1. The molecule has 0 aliphatic carbocycles. The highest BCUT2D eigenvalue weighted by molar-refractivity contribution is 5.26. The van der Waals surface area contributed by atoms with Gasteiger partial charge in [-0.2, -0.15) is 0 Å². The van der Waals surface area contributed by atoms with Crippen molar-refractivity contribution in [2.24, 2.45) is 5.73 Å². The smallest absolute Gasteiger partial charge is 0.126 e. The van der Waals surface area contributed by atoms with Crippen LogP contribution in [0.4, 0.5) is 4.39 Å². The Kier molecular flexibility index (Phi) is 4.91. The average Bonchev–Trinajstić information content (AvgIpc) is 2.44. The molecule has 1 unspecified atom stereocenters. The van der Waals surface area contributed by atoms with E-state index in [4.69, 9.17) is 5.73 Å². The number of benzene rings is 1. The van der Waals surface area contributed by atoms with E-state index in [1.54, 1.807) is 13.0 Å². The second-order valence-corrected chi connectivity index (χ2v) is 5.23. The third-order valence-corrected chi connectivity index (χ3v) is 4.10. The Balaban J connectivity index is 2.09. The minimum atomic E-state index is -0.136. The zero-order chi connectivity index (χ0) is 13.8. The van der Waals surface area contributed by atoms with Crippen LogP contribution in [0.5, 0.6) is 0 Å². The van der Waals surface area contributed by atoms with Crippen LogP contribution in [-0.4, -0.2) is 49.1 Å². The van der Waals surface area contributed by atoms with Gasteiger partial charge in [0.1, 0.15) is 5.82 Å². The molecule has 3 nitrogen and oxygen atoms in total. The van der Waals surface area contributed by atoms with Crippen molar-refractivity contribution in [3.8, 4) is 0 Å². The predicted molar refractivity (Wildman–Crippen MR) is 76.6 cm³/mol. The lowest BCUT2D eigenvalue weighted by atomic mass is 10.0. The first-order valence-corrected chi connectivity index (χ1v) is 7.08. The minimum Gasteiger partial charge on any atom is -0.329 e. The number of hydrogen-bond donors (Lipinski definition) is 1. The standard InChI is InChI=1S/C15H24FN3/c1-3-18-6-8-19(9-7-18)15(11-17)13-5-4-12(2)14(16)10-13/h4-5,10,15H,3,6-9,11,17H2,1-2H3. The fourth-order valence-corrected chi connectivity index (χ4v) is 2.70. The largest absolute Gasteiger partial charge is 0.329 e. The number of rotatable bonds is 4. The Labute approximate surface area is 115 Å². The number of hydrogen-bond acceptors (Lipinski definition) is 3. The normalized spacial score (nSPS) is 19.6. The van der Waals surface area contributed by atoms with E-state index in [2.05, 4.69) is 16.7 Å². The van der Waals surface area contributed by atoms with E-state index < -0.39 is 0 Å². The molecule has 1 aliphatic heterocycles. The van der Waals surface area contributed by atoms with Crippen LogP contribution in [0.3, 0.4) is 0 Å². The van der Waals surface area contributed by atoms with Crippen LogP contribution in [0.15, 0.2) is 18.2 Å². The molecule has 0 bridgehead atoms. The Morgan fingerprint density at radius 2 is 1.95 bits per heavy atom. The SMILES string of the molecule is CCN1CCN(C(CN)c2ccc(C)c(F)c2)CC1. The molecule has 0 amide bonds. The molecular formula is C15H24FN3. The van der Waals surface area contributed by atoms with Gasteiger partial charge < -0.3 is 10.6 Å². The van der Waals surface area contributed by atoms with Crippen molar-refractivity contribution in [2.45, 2.75) is 19.9 Å². The monoisotopic (exact) mass is 265 g/mol. The Bertz CT molecular complexity index is 414. The van der Waals surface area contributed by atoms with Gasteiger partial charge in [0.15, 0.2) is 0 Å². The molecule has 1 fully saturated rings. The second kappa shape index (κ2) is 6.46. The highest BCUT2D eigenvalue weighted by atomic mass is 19.1. The van der Waals surface area contributed by atoms with Gasteiger partial charge in [-0.25, -0.2) is 4.39 Å². The van der Waals surface area contributed by atoms with Crippen LogP contribution in [-0.2, 0) is 0 Å². The van der Waals surface area contributed by atoms with Crippen LogP contribution in [0.2, 0.25) is 0 Å². The summed E-state index contributed by atoms with van der Waals surface area (Å²) in [7, 11) is 0. The van der Waals surface area contributed by atoms with Crippen molar-refractivity contribution in [1.29, 1.82) is 0 Å². The maximum absolute atomic E-state index is 13.7. The third-order valence-electron chi connectivity index (χ3n) is 4.10. The molecule has 0 spiro atoms. The quantitative estimate of drug-likeness (QED) is 0.900. The van der Waals surface area contributed by atoms with E-state index in [9.17, 15) is 4.39 Å². The first-order chi connectivity index (χ1) is 9.15. The van der Waals surface area contributed by atoms with Crippen molar-refractivity contribution in [1.82, 2.24) is 9.80 Å². The highest BCUT2D eigenvalue weighted by Gasteiger charge is 2.23. The van der Waals surface area contributed by atoms with Crippen molar-refractivity contribution < 1.29 is 4.39 Å². The van der Waals surface area contributed by atoms with Gasteiger partial charge in [0, 0.05) is 38.8 Å². The van der Waals surface area contributed by atoms with Crippen molar-refractivity contribution in [2.75, 3.05) is 39.3 Å². The summed E-state index contributed by atoms with van der Waals surface area (Å²) in [5.41, 5.74) is 7.60. The number of piperazine rings is 1. The molecule has 106 valence electrons. The first kappa shape index (κ1) is 14.4. The lowest BCUT2D eigenvalue weighted by Gasteiger charge is -2.38. The van der Waals surface area contributed by atoms with Crippen LogP contribution >= 0.6 is 0 Å². The third kappa shape index (κ3) is 3.32. The molecule has 2 rings (SSSR count). The summed E-state index contributed by atoms with van der Waals surface area (Å²) in [5.74, 6) is -0.136. The topological polar surface area (TPSA) is 32.5 Å².